The van der Waals surface area contributed by atoms with Crippen LogP contribution in [-0.2, 0) is 33.3 Å². The summed E-state index contributed by atoms with van der Waals surface area (Å²) < 4.78 is 28.1. The van der Waals surface area contributed by atoms with Crippen molar-refractivity contribution in [2.24, 2.45) is 17.3 Å². The third-order valence-electron chi connectivity index (χ3n) is 4.38. The van der Waals surface area contributed by atoms with Gasteiger partial charge >= 0.3 is 11.9 Å². The molecule has 154 valence electrons. The molecule has 27 heavy (non-hydrogen) atoms. The van der Waals surface area contributed by atoms with Crippen LogP contribution in [0.4, 0.5) is 0 Å². The third-order valence-corrected chi connectivity index (χ3v) is 5.97. The van der Waals surface area contributed by atoms with E-state index in [0.29, 0.717) is 24.2 Å². The molecule has 0 bridgehead atoms. The minimum absolute atomic E-state index is 0.155. The number of ether oxygens (including phenoxy) is 5. The van der Waals surface area contributed by atoms with Crippen LogP contribution in [0.1, 0.15) is 34.6 Å². The largest absolute Gasteiger partial charge is 0.479 e. The number of carbonyl (C=O) groups excluding carboxylic acids is 2. The third kappa shape index (κ3) is 4.93. The van der Waals surface area contributed by atoms with Gasteiger partial charge in [0.05, 0.1) is 44.2 Å². The first-order valence-corrected chi connectivity index (χ1v) is 10.5. The maximum Gasteiger partial charge on any atom is 0.320 e. The van der Waals surface area contributed by atoms with Crippen molar-refractivity contribution < 1.29 is 33.3 Å². The number of thiocarbonyl (C=S) groups is 1. The van der Waals surface area contributed by atoms with E-state index in [9.17, 15) is 9.59 Å². The van der Waals surface area contributed by atoms with E-state index < -0.39 is 29.6 Å². The molecule has 1 saturated heterocycles. The smallest absolute Gasteiger partial charge is 0.320 e. The van der Waals surface area contributed by atoms with Crippen LogP contribution < -0.4 is 0 Å². The molecule has 1 saturated carbocycles. The van der Waals surface area contributed by atoms with E-state index in [1.54, 1.807) is 13.8 Å². The Bertz CT molecular complexity index is 550. The van der Waals surface area contributed by atoms with E-state index in [1.165, 1.54) is 11.8 Å². The minimum atomic E-state index is -1.13. The van der Waals surface area contributed by atoms with E-state index in [2.05, 4.69) is 0 Å². The average molecular weight is 421 g/mol. The van der Waals surface area contributed by atoms with Gasteiger partial charge in [-0.2, -0.15) is 0 Å². The Morgan fingerprint density at radius 2 is 1.52 bits per heavy atom. The van der Waals surface area contributed by atoms with Gasteiger partial charge in [0.1, 0.15) is 0 Å². The number of esters is 2. The summed E-state index contributed by atoms with van der Waals surface area (Å²) in [5, 5.41) is -0.355. The van der Waals surface area contributed by atoms with E-state index in [4.69, 9.17) is 35.9 Å². The first-order chi connectivity index (χ1) is 12.7. The van der Waals surface area contributed by atoms with E-state index in [-0.39, 0.29) is 23.9 Å². The summed E-state index contributed by atoms with van der Waals surface area (Å²) in [4.78, 5) is 25.1. The molecule has 0 N–H and O–H groups in total. The second kappa shape index (κ2) is 9.07. The topological polar surface area (TPSA) is 80.3 Å². The molecule has 0 amide bonds. The molecule has 0 aromatic heterocycles. The van der Waals surface area contributed by atoms with Crippen molar-refractivity contribution in [1.29, 1.82) is 0 Å². The van der Waals surface area contributed by atoms with Crippen molar-refractivity contribution in [2.45, 2.75) is 45.7 Å². The number of hydrogen-bond acceptors (Lipinski definition) is 9. The second-order valence-electron chi connectivity index (χ2n) is 7.19. The molecule has 0 aromatic rings. The number of rotatable bonds is 7. The van der Waals surface area contributed by atoms with Crippen molar-refractivity contribution in [1.82, 2.24) is 0 Å². The zero-order chi connectivity index (χ0) is 20.2. The summed E-state index contributed by atoms with van der Waals surface area (Å²) in [5.41, 5.74) is -0.155. The fourth-order valence-corrected chi connectivity index (χ4v) is 4.76. The molecule has 1 aliphatic carbocycles. The lowest BCUT2D eigenvalue weighted by atomic mass is 9.95. The average Bonchev–Trinajstić information content (AvgIpc) is 3.17. The monoisotopic (exact) mass is 420 g/mol. The Kier molecular flexibility index (Phi) is 7.52. The summed E-state index contributed by atoms with van der Waals surface area (Å²) in [7, 11) is 0. The first kappa shape index (κ1) is 22.4. The standard InChI is InChI=1S/C18H28O7S2/c1-6-21-14(19)11(15(20)22-7-2)12-13(27-16(26)23-8-3)18(12)24-9-17(4,5)10-25-18/h11-13H,6-10H2,1-5H3/t12-,13-/m1/s1. The Morgan fingerprint density at radius 3 is 1.96 bits per heavy atom. The van der Waals surface area contributed by atoms with Crippen molar-refractivity contribution in [2.75, 3.05) is 33.0 Å². The van der Waals surface area contributed by atoms with Gasteiger partial charge in [-0.15, -0.1) is 0 Å². The summed E-state index contributed by atoms with van der Waals surface area (Å²) in [6, 6.07) is 0. The minimum Gasteiger partial charge on any atom is -0.479 e. The number of thioether (sulfide) groups is 1. The molecule has 1 heterocycles. The fraction of sp³-hybridized carbons (Fsp3) is 0.833. The van der Waals surface area contributed by atoms with Crippen molar-refractivity contribution in [3.05, 3.63) is 0 Å². The predicted molar refractivity (Wildman–Crippen MR) is 104 cm³/mol. The summed E-state index contributed by atoms with van der Waals surface area (Å²) in [5.74, 6) is -4.04. The van der Waals surface area contributed by atoms with Crippen LogP contribution in [0.3, 0.4) is 0 Å². The molecule has 2 aliphatic rings. The molecule has 2 fully saturated rings. The highest BCUT2D eigenvalue weighted by Gasteiger charge is 2.76. The Labute approximate surface area is 169 Å². The maximum atomic E-state index is 12.5. The lowest BCUT2D eigenvalue weighted by Gasteiger charge is -2.36. The second-order valence-corrected chi connectivity index (χ2v) is 8.94. The zero-order valence-electron chi connectivity index (χ0n) is 16.4. The molecular formula is C18H28O7S2. The van der Waals surface area contributed by atoms with Gasteiger partial charge in [0, 0.05) is 5.41 Å². The van der Waals surface area contributed by atoms with Crippen molar-refractivity contribution >= 4 is 40.3 Å². The van der Waals surface area contributed by atoms with Crippen LogP contribution in [0.5, 0.6) is 0 Å². The van der Waals surface area contributed by atoms with Gasteiger partial charge in [0.25, 0.3) is 0 Å². The van der Waals surface area contributed by atoms with Gasteiger partial charge in [-0.05, 0) is 33.0 Å². The van der Waals surface area contributed by atoms with Crippen LogP contribution in [0, 0.1) is 17.3 Å². The van der Waals surface area contributed by atoms with E-state index >= 15 is 0 Å². The lowest BCUT2D eigenvalue weighted by Crippen LogP contribution is -2.43. The highest BCUT2D eigenvalue weighted by atomic mass is 32.2. The van der Waals surface area contributed by atoms with Crippen LogP contribution in [0.25, 0.3) is 0 Å². The van der Waals surface area contributed by atoms with E-state index in [0.717, 1.165) is 0 Å². The molecule has 7 nitrogen and oxygen atoms in total. The Balaban J connectivity index is 2.27. The normalized spacial score (nSPS) is 25.1. The maximum absolute atomic E-state index is 12.5. The van der Waals surface area contributed by atoms with Gasteiger partial charge in [-0.25, -0.2) is 0 Å². The van der Waals surface area contributed by atoms with Gasteiger partial charge in [0.15, 0.2) is 11.7 Å². The SMILES string of the molecule is CCOC(=O)C(C(=O)OCC)[C@@H]1[C@@H](SC(=S)OCC)C12OCC(C)(C)CO2. The zero-order valence-corrected chi connectivity index (χ0v) is 18.1. The molecule has 1 spiro atoms. The number of hydrogen-bond donors (Lipinski definition) is 0. The molecule has 2 rings (SSSR count). The summed E-state index contributed by atoms with van der Waals surface area (Å²) >= 11 is 6.48. The molecule has 0 radical (unpaired) electrons. The Morgan fingerprint density at radius 1 is 1.04 bits per heavy atom. The first-order valence-electron chi connectivity index (χ1n) is 9.17. The number of carbonyl (C=O) groups is 2. The molecular weight excluding hydrogens is 392 g/mol. The van der Waals surface area contributed by atoms with Crippen molar-refractivity contribution in [3.8, 4) is 0 Å². The van der Waals surface area contributed by atoms with Crippen molar-refractivity contribution in [3.63, 3.8) is 0 Å². The van der Waals surface area contributed by atoms with Crippen LogP contribution in [-0.4, -0.2) is 60.4 Å². The van der Waals surface area contributed by atoms with Crippen LogP contribution >= 0.6 is 24.0 Å². The highest BCUT2D eigenvalue weighted by molar-refractivity contribution is 8.23. The summed E-state index contributed by atoms with van der Waals surface area (Å²) in [6.07, 6.45) is 0. The lowest BCUT2D eigenvalue weighted by molar-refractivity contribution is -0.252. The van der Waals surface area contributed by atoms with Gasteiger partial charge in [0.2, 0.25) is 4.38 Å². The summed E-state index contributed by atoms with van der Waals surface area (Å²) in [6.45, 7) is 10.9. The van der Waals surface area contributed by atoms with Gasteiger partial charge < -0.3 is 23.7 Å². The van der Waals surface area contributed by atoms with E-state index in [1.807, 2.05) is 20.8 Å². The molecule has 1 aliphatic heterocycles. The van der Waals surface area contributed by atoms with Crippen LogP contribution in [0.2, 0.25) is 0 Å². The molecule has 2 atom stereocenters. The van der Waals surface area contributed by atoms with Gasteiger partial charge in [-0.1, -0.05) is 25.6 Å². The van der Waals surface area contributed by atoms with Crippen LogP contribution in [0.15, 0.2) is 0 Å². The fourth-order valence-electron chi connectivity index (χ4n) is 3.06. The Hall–Kier alpha value is -0.900. The molecule has 9 heteroatoms. The highest BCUT2D eigenvalue weighted by Crippen LogP contribution is 2.61. The molecule has 0 aromatic carbocycles. The quantitative estimate of drug-likeness (QED) is 0.351. The van der Waals surface area contributed by atoms with Gasteiger partial charge in [-0.3, -0.25) is 9.59 Å². The molecule has 0 unspecified atom stereocenters. The predicted octanol–water partition coefficient (Wildman–Crippen LogP) is 2.55.